The normalized spacial score (nSPS) is 10.4. The van der Waals surface area contributed by atoms with E-state index in [4.69, 9.17) is 9.15 Å². The first-order valence-electron chi connectivity index (χ1n) is 7.68. The molecule has 0 aliphatic rings. The van der Waals surface area contributed by atoms with Gasteiger partial charge in [0.2, 0.25) is 12.3 Å². The van der Waals surface area contributed by atoms with Crippen LogP contribution in [0.25, 0.3) is 11.5 Å². The number of ether oxygens (including phenoxy) is 1. The molecule has 0 amide bonds. The average molecular weight is 340 g/mol. The zero-order chi connectivity index (χ0) is 17.6. The summed E-state index contributed by atoms with van der Waals surface area (Å²) in [5.41, 5.74) is 2.34. The summed E-state index contributed by atoms with van der Waals surface area (Å²) < 4.78 is 10.7. The van der Waals surface area contributed by atoms with E-state index in [9.17, 15) is 10.1 Å². The van der Waals surface area contributed by atoms with E-state index in [0.717, 1.165) is 11.3 Å². The fourth-order valence-electron chi connectivity index (χ4n) is 2.37. The van der Waals surface area contributed by atoms with Crippen LogP contribution in [0.5, 0.6) is 5.75 Å². The van der Waals surface area contributed by atoms with Crippen molar-refractivity contribution in [2.24, 2.45) is 0 Å². The van der Waals surface area contributed by atoms with Crippen LogP contribution in [0.15, 0.2) is 53.3 Å². The number of hydrogen-bond acceptors (Lipinski definition) is 7. The van der Waals surface area contributed by atoms with E-state index in [2.05, 4.69) is 15.5 Å². The predicted molar refractivity (Wildman–Crippen MR) is 91.3 cm³/mol. The van der Waals surface area contributed by atoms with Crippen molar-refractivity contribution in [3.05, 3.63) is 64.5 Å². The Morgan fingerprint density at radius 3 is 2.88 bits per heavy atom. The predicted octanol–water partition coefficient (Wildman–Crippen LogP) is 3.66. The van der Waals surface area contributed by atoms with Crippen LogP contribution >= 0.6 is 0 Å². The fraction of sp³-hybridized carbons (Fsp3) is 0.176. The largest absolute Gasteiger partial charge is 0.494 e. The van der Waals surface area contributed by atoms with Crippen LogP contribution in [0, 0.1) is 10.1 Å². The van der Waals surface area contributed by atoms with Crippen molar-refractivity contribution in [2.45, 2.75) is 13.5 Å². The monoisotopic (exact) mass is 340 g/mol. The van der Waals surface area contributed by atoms with E-state index in [1.807, 2.05) is 31.2 Å². The van der Waals surface area contributed by atoms with Crippen molar-refractivity contribution in [3.8, 4) is 17.2 Å². The summed E-state index contributed by atoms with van der Waals surface area (Å²) in [5, 5.41) is 21.8. The minimum atomic E-state index is -0.421. The van der Waals surface area contributed by atoms with Gasteiger partial charge in [-0.15, -0.1) is 10.2 Å². The minimum absolute atomic E-state index is 0.0277. The molecule has 0 radical (unpaired) electrons. The molecule has 0 saturated carbocycles. The first-order chi connectivity index (χ1) is 12.2. The van der Waals surface area contributed by atoms with Gasteiger partial charge in [0.25, 0.3) is 5.69 Å². The molecule has 0 bridgehead atoms. The molecular weight excluding hydrogens is 324 g/mol. The Hall–Kier alpha value is -3.42. The molecule has 0 atom stereocenters. The lowest BCUT2D eigenvalue weighted by molar-refractivity contribution is -0.384. The maximum atomic E-state index is 11.0. The molecule has 0 unspecified atom stereocenters. The number of nitro benzene ring substituents is 1. The molecule has 0 spiro atoms. The van der Waals surface area contributed by atoms with E-state index in [0.29, 0.717) is 30.4 Å². The summed E-state index contributed by atoms with van der Waals surface area (Å²) in [7, 11) is 0. The maximum absolute atomic E-state index is 11.0. The minimum Gasteiger partial charge on any atom is -0.494 e. The van der Waals surface area contributed by atoms with Crippen LogP contribution in [0.4, 0.5) is 11.4 Å². The molecule has 0 fully saturated rings. The highest BCUT2D eigenvalue weighted by Gasteiger charge is 2.12. The van der Waals surface area contributed by atoms with E-state index < -0.39 is 4.92 Å². The Balaban J connectivity index is 1.80. The van der Waals surface area contributed by atoms with Gasteiger partial charge in [0.1, 0.15) is 5.75 Å². The summed E-state index contributed by atoms with van der Waals surface area (Å²) in [5.74, 6) is 1.04. The molecule has 0 aliphatic heterocycles. The number of aromatic nitrogens is 2. The third kappa shape index (κ3) is 3.92. The van der Waals surface area contributed by atoms with Gasteiger partial charge in [-0.3, -0.25) is 10.1 Å². The number of hydrogen-bond donors (Lipinski definition) is 1. The van der Waals surface area contributed by atoms with Gasteiger partial charge in [-0.1, -0.05) is 6.07 Å². The zero-order valence-electron chi connectivity index (χ0n) is 13.5. The zero-order valence-corrected chi connectivity index (χ0v) is 13.5. The number of nitrogens with one attached hydrogen (secondary N) is 1. The Morgan fingerprint density at radius 1 is 1.28 bits per heavy atom. The number of non-ortho nitro benzene ring substituents is 1. The molecule has 0 saturated heterocycles. The van der Waals surface area contributed by atoms with Gasteiger partial charge in [-0.25, -0.2) is 0 Å². The second-order valence-corrected chi connectivity index (χ2v) is 5.16. The van der Waals surface area contributed by atoms with Gasteiger partial charge in [-0.05, 0) is 31.2 Å². The molecule has 1 N–H and O–H groups in total. The van der Waals surface area contributed by atoms with Gasteiger partial charge in [-0.2, -0.15) is 0 Å². The van der Waals surface area contributed by atoms with E-state index in [1.54, 1.807) is 6.07 Å². The number of nitro groups is 1. The highest BCUT2D eigenvalue weighted by atomic mass is 16.6. The molecule has 25 heavy (non-hydrogen) atoms. The second-order valence-electron chi connectivity index (χ2n) is 5.16. The van der Waals surface area contributed by atoms with E-state index in [-0.39, 0.29) is 5.69 Å². The van der Waals surface area contributed by atoms with Crippen molar-refractivity contribution >= 4 is 11.4 Å². The maximum Gasteiger partial charge on any atom is 0.270 e. The van der Waals surface area contributed by atoms with Crippen LogP contribution < -0.4 is 10.1 Å². The summed E-state index contributed by atoms with van der Waals surface area (Å²) in [6.07, 6.45) is 1.27. The summed E-state index contributed by atoms with van der Waals surface area (Å²) in [4.78, 5) is 10.6. The average Bonchev–Trinajstić information content (AvgIpc) is 3.16. The Bertz CT molecular complexity index is 865. The number of benzene rings is 2. The molecule has 0 aliphatic carbocycles. The van der Waals surface area contributed by atoms with Gasteiger partial charge < -0.3 is 14.5 Å². The SMILES string of the molecule is CCOc1ccc([N+](=O)[O-])cc1CNc1cccc(-c2nnco2)c1. The van der Waals surface area contributed by atoms with Crippen LogP contribution in [0.3, 0.4) is 0 Å². The number of rotatable bonds is 7. The highest BCUT2D eigenvalue weighted by molar-refractivity contribution is 5.61. The Morgan fingerprint density at radius 2 is 2.16 bits per heavy atom. The van der Waals surface area contributed by atoms with Gasteiger partial charge in [0.05, 0.1) is 11.5 Å². The lowest BCUT2D eigenvalue weighted by Crippen LogP contribution is -2.04. The number of nitrogens with zero attached hydrogens (tertiary/aromatic N) is 3. The quantitative estimate of drug-likeness (QED) is 0.517. The van der Waals surface area contributed by atoms with Crippen LogP contribution in [-0.4, -0.2) is 21.7 Å². The molecule has 8 nitrogen and oxygen atoms in total. The topological polar surface area (TPSA) is 103 Å². The van der Waals surface area contributed by atoms with Crippen molar-refractivity contribution < 1.29 is 14.1 Å². The molecule has 2 aromatic carbocycles. The van der Waals surface area contributed by atoms with E-state index in [1.165, 1.54) is 18.5 Å². The van der Waals surface area contributed by atoms with Crippen molar-refractivity contribution in [1.29, 1.82) is 0 Å². The first-order valence-corrected chi connectivity index (χ1v) is 7.68. The Labute approximate surface area is 143 Å². The summed E-state index contributed by atoms with van der Waals surface area (Å²) in [6, 6.07) is 12.0. The molecular formula is C17H16N4O4. The van der Waals surface area contributed by atoms with Crippen LogP contribution in [-0.2, 0) is 6.54 Å². The lowest BCUT2D eigenvalue weighted by Gasteiger charge is -2.12. The summed E-state index contributed by atoms with van der Waals surface area (Å²) >= 11 is 0. The molecule has 1 heterocycles. The van der Waals surface area contributed by atoms with E-state index >= 15 is 0 Å². The van der Waals surface area contributed by atoms with Crippen LogP contribution in [0.2, 0.25) is 0 Å². The van der Waals surface area contributed by atoms with Crippen LogP contribution in [0.1, 0.15) is 12.5 Å². The first kappa shape index (κ1) is 16.4. The lowest BCUT2D eigenvalue weighted by atomic mass is 10.1. The van der Waals surface area contributed by atoms with Gasteiger partial charge >= 0.3 is 0 Å². The van der Waals surface area contributed by atoms with Gasteiger partial charge in [0.15, 0.2) is 0 Å². The Kier molecular flexibility index (Phi) is 4.89. The highest BCUT2D eigenvalue weighted by Crippen LogP contribution is 2.26. The van der Waals surface area contributed by atoms with Crippen molar-refractivity contribution in [1.82, 2.24) is 10.2 Å². The van der Waals surface area contributed by atoms with Crippen molar-refractivity contribution in [3.63, 3.8) is 0 Å². The third-order valence-electron chi connectivity index (χ3n) is 3.51. The molecule has 3 rings (SSSR count). The smallest absolute Gasteiger partial charge is 0.270 e. The molecule has 8 heteroatoms. The molecule has 128 valence electrons. The fourth-order valence-corrected chi connectivity index (χ4v) is 2.37. The molecule has 1 aromatic heterocycles. The second kappa shape index (κ2) is 7.43. The number of anilines is 1. The third-order valence-corrected chi connectivity index (χ3v) is 3.51. The summed E-state index contributed by atoms with van der Waals surface area (Å²) in [6.45, 7) is 2.73. The standard InChI is InChI=1S/C17H16N4O4/c1-2-24-16-7-6-15(21(22)23)9-13(16)10-18-14-5-3-4-12(8-14)17-20-19-11-25-17/h3-9,11,18H,2,10H2,1H3. The van der Waals surface area contributed by atoms with Gasteiger partial charge in [0, 0.05) is 35.5 Å². The molecule has 3 aromatic rings. The van der Waals surface area contributed by atoms with Crippen molar-refractivity contribution in [2.75, 3.05) is 11.9 Å².